The van der Waals surface area contributed by atoms with Crippen molar-refractivity contribution in [3.63, 3.8) is 0 Å². The highest BCUT2D eigenvalue weighted by molar-refractivity contribution is 5.75. The number of carbonyl (C=O) groups is 1. The number of aromatic nitrogens is 3. The Hall–Kier alpha value is -3.28. The molecule has 0 aliphatic carbocycles. The van der Waals surface area contributed by atoms with E-state index in [1.807, 2.05) is 43.3 Å². The number of amides is 1. The molecule has 0 unspecified atom stereocenters. The minimum absolute atomic E-state index is 0.484. The molecular formula is C17H15N5O. The van der Waals surface area contributed by atoms with Crippen LogP contribution in [0.25, 0.3) is 11.3 Å². The second kappa shape index (κ2) is 6.65. The third-order valence-electron chi connectivity index (χ3n) is 3.32. The van der Waals surface area contributed by atoms with Crippen LogP contribution >= 0.6 is 0 Å². The molecule has 3 aromatic rings. The molecule has 1 aromatic carbocycles. The minimum atomic E-state index is 0.484. The average molecular weight is 305 g/mol. The summed E-state index contributed by atoms with van der Waals surface area (Å²) < 4.78 is 0. The average Bonchev–Trinajstić information content (AvgIpc) is 2.59. The molecule has 0 atom stereocenters. The monoisotopic (exact) mass is 305 g/mol. The number of nitrogens with zero attached hydrogens (tertiary/aromatic N) is 3. The van der Waals surface area contributed by atoms with Crippen LogP contribution in [0.5, 0.6) is 0 Å². The zero-order chi connectivity index (χ0) is 16.1. The lowest BCUT2D eigenvalue weighted by Gasteiger charge is -2.10. The number of anilines is 3. The van der Waals surface area contributed by atoms with Crippen LogP contribution in [0.15, 0.2) is 55.0 Å². The summed E-state index contributed by atoms with van der Waals surface area (Å²) in [5, 5.41) is 5.81. The van der Waals surface area contributed by atoms with Crippen LogP contribution < -0.4 is 10.6 Å². The van der Waals surface area contributed by atoms with E-state index in [-0.39, 0.29) is 0 Å². The van der Waals surface area contributed by atoms with Crippen LogP contribution in [0.1, 0.15) is 5.56 Å². The number of carbonyl (C=O) groups excluding carboxylic acids is 1. The zero-order valence-corrected chi connectivity index (χ0v) is 12.5. The van der Waals surface area contributed by atoms with Gasteiger partial charge in [-0.3, -0.25) is 9.78 Å². The van der Waals surface area contributed by atoms with Crippen LogP contribution in [0, 0.1) is 6.92 Å². The number of hydrogen-bond acceptors (Lipinski definition) is 5. The topological polar surface area (TPSA) is 79.8 Å². The van der Waals surface area contributed by atoms with Gasteiger partial charge in [0.1, 0.15) is 0 Å². The third kappa shape index (κ3) is 3.49. The molecule has 0 bridgehead atoms. The van der Waals surface area contributed by atoms with E-state index in [2.05, 4.69) is 25.6 Å². The van der Waals surface area contributed by atoms with Crippen molar-refractivity contribution in [3.8, 4) is 11.3 Å². The number of benzene rings is 1. The fourth-order valence-corrected chi connectivity index (χ4v) is 2.13. The molecule has 2 aromatic heterocycles. The van der Waals surface area contributed by atoms with E-state index >= 15 is 0 Å². The van der Waals surface area contributed by atoms with E-state index in [9.17, 15) is 4.79 Å². The summed E-state index contributed by atoms with van der Waals surface area (Å²) in [5.41, 5.74) is 4.27. The Kier molecular flexibility index (Phi) is 4.24. The van der Waals surface area contributed by atoms with Gasteiger partial charge in [0.15, 0.2) is 0 Å². The number of hydrogen-bond donors (Lipinski definition) is 2. The van der Waals surface area contributed by atoms with Crippen LogP contribution in [-0.2, 0) is 4.79 Å². The fraction of sp³-hybridized carbons (Fsp3) is 0.0588. The van der Waals surface area contributed by atoms with Gasteiger partial charge in [0.25, 0.3) is 0 Å². The van der Waals surface area contributed by atoms with Gasteiger partial charge < -0.3 is 10.6 Å². The lowest BCUT2D eigenvalue weighted by atomic mass is 10.2. The molecule has 114 valence electrons. The number of rotatable bonds is 5. The first kappa shape index (κ1) is 14.6. The summed E-state index contributed by atoms with van der Waals surface area (Å²) in [5.74, 6) is 0.484. The van der Waals surface area contributed by atoms with Crippen LogP contribution in [0.2, 0.25) is 0 Å². The van der Waals surface area contributed by atoms with E-state index in [4.69, 9.17) is 0 Å². The first-order chi connectivity index (χ1) is 11.3. The molecule has 23 heavy (non-hydrogen) atoms. The maximum absolute atomic E-state index is 10.6. The Morgan fingerprint density at radius 1 is 1.13 bits per heavy atom. The molecular weight excluding hydrogens is 290 g/mol. The van der Waals surface area contributed by atoms with Crippen LogP contribution in [0.3, 0.4) is 0 Å². The second-order valence-electron chi connectivity index (χ2n) is 4.92. The minimum Gasteiger partial charge on any atom is -0.329 e. The highest BCUT2D eigenvalue weighted by atomic mass is 16.1. The predicted molar refractivity (Wildman–Crippen MR) is 89.4 cm³/mol. The molecule has 6 heteroatoms. The Balaban J connectivity index is 1.89. The molecule has 6 nitrogen and oxygen atoms in total. The van der Waals surface area contributed by atoms with E-state index < -0.39 is 0 Å². The first-order valence-corrected chi connectivity index (χ1v) is 7.07. The summed E-state index contributed by atoms with van der Waals surface area (Å²) in [6, 6.07) is 11.2. The third-order valence-corrected chi connectivity index (χ3v) is 3.32. The van der Waals surface area contributed by atoms with Crippen molar-refractivity contribution in [2.45, 2.75) is 6.92 Å². The highest BCUT2D eigenvalue weighted by Crippen LogP contribution is 2.23. The van der Waals surface area contributed by atoms with Gasteiger partial charge in [-0.25, -0.2) is 9.97 Å². The van der Waals surface area contributed by atoms with Crippen molar-refractivity contribution in [3.05, 3.63) is 60.6 Å². The predicted octanol–water partition coefficient (Wildman–Crippen LogP) is 3.16. The van der Waals surface area contributed by atoms with E-state index in [1.165, 1.54) is 0 Å². The van der Waals surface area contributed by atoms with Crippen LogP contribution in [0.4, 0.5) is 17.3 Å². The molecule has 2 N–H and O–H groups in total. The van der Waals surface area contributed by atoms with Crippen molar-refractivity contribution < 1.29 is 4.79 Å². The Morgan fingerprint density at radius 2 is 2.04 bits per heavy atom. The summed E-state index contributed by atoms with van der Waals surface area (Å²) >= 11 is 0. The standard InChI is InChI=1S/C17H15N5O/c1-12-4-5-14(20-11-23)9-16(12)22-17-19-8-6-15(21-17)13-3-2-7-18-10-13/h2-11H,1H3,(H,20,23)(H,19,21,22). The smallest absolute Gasteiger partial charge is 0.227 e. The quantitative estimate of drug-likeness (QED) is 0.708. The van der Waals surface area contributed by atoms with Crippen molar-refractivity contribution in [1.29, 1.82) is 0 Å². The molecule has 2 heterocycles. The fourth-order valence-electron chi connectivity index (χ4n) is 2.13. The number of nitrogens with one attached hydrogen (secondary N) is 2. The molecule has 0 saturated heterocycles. The van der Waals surface area contributed by atoms with Crippen molar-refractivity contribution in [2.24, 2.45) is 0 Å². The van der Waals surface area contributed by atoms with Crippen molar-refractivity contribution in [1.82, 2.24) is 15.0 Å². The normalized spacial score (nSPS) is 10.1. The molecule has 3 rings (SSSR count). The van der Waals surface area contributed by atoms with Crippen molar-refractivity contribution >= 4 is 23.7 Å². The van der Waals surface area contributed by atoms with Gasteiger partial charge in [0.2, 0.25) is 12.4 Å². The Bertz CT molecular complexity index is 820. The molecule has 0 spiro atoms. The summed E-state index contributed by atoms with van der Waals surface area (Å²) in [6.45, 7) is 1.97. The molecule has 0 saturated carbocycles. The SMILES string of the molecule is Cc1ccc(NC=O)cc1Nc1nccc(-c2cccnc2)n1. The molecule has 0 aliphatic heterocycles. The maximum atomic E-state index is 10.6. The molecule has 0 aliphatic rings. The molecule has 0 radical (unpaired) electrons. The molecule has 1 amide bonds. The Morgan fingerprint density at radius 3 is 2.83 bits per heavy atom. The first-order valence-electron chi connectivity index (χ1n) is 7.07. The van der Waals surface area contributed by atoms with Gasteiger partial charge >= 0.3 is 0 Å². The van der Waals surface area contributed by atoms with Gasteiger partial charge in [-0.1, -0.05) is 6.07 Å². The Labute approximate surface area is 133 Å². The number of pyridine rings is 1. The lowest BCUT2D eigenvalue weighted by Crippen LogP contribution is -2.01. The molecule has 0 fully saturated rings. The van der Waals surface area contributed by atoms with Crippen LogP contribution in [-0.4, -0.2) is 21.4 Å². The number of aryl methyl sites for hydroxylation is 1. The van der Waals surface area contributed by atoms with Gasteiger partial charge in [-0.05, 0) is 42.8 Å². The summed E-state index contributed by atoms with van der Waals surface area (Å²) in [4.78, 5) is 23.4. The van der Waals surface area contributed by atoms with Crippen molar-refractivity contribution in [2.75, 3.05) is 10.6 Å². The van der Waals surface area contributed by atoms with Gasteiger partial charge in [-0.2, -0.15) is 0 Å². The largest absolute Gasteiger partial charge is 0.329 e. The van der Waals surface area contributed by atoms with E-state index in [0.717, 1.165) is 22.5 Å². The summed E-state index contributed by atoms with van der Waals surface area (Å²) in [7, 11) is 0. The maximum Gasteiger partial charge on any atom is 0.227 e. The van der Waals surface area contributed by atoms with Gasteiger partial charge in [0.05, 0.1) is 5.69 Å². The lowest BCUT2D eigenvalue weighted by molar-refractivity contribution is -0.105. The zero-order valence-electron chi connectivity index (χ0n) is 12.5. The second-order valence-corrected chi connectivity index (χ2v) is 4.92. The van der Waals surface area contributed by atoms with E-state index in [0.29, 0.717) is 18.0 Å². The van der Waals surface area contributed by atoms with Gasteiger partial charge in [0, 0.05) is 35.5 Å². The summed E-state index contributed by atoms with van der Waals surface area (Å²) in [6.07, 6.45) is 5.82. The highest BCUT2D eigenvalue weighted by Gasteiger charge is 2.05. The van der Waals surface area contributed by atoms with Gasteiger partial charge in [-0.15, -0.1) is 0 Å². The van der Waals surface area contributed by atoms with E-state index in [1.54, 1.807) is 18.6 Å².